The summed E-state index contributed by atoms with van der Waals surface area (Å²) in [5.41, 5.74) is 0.642. The lowest BCUT2D eigenvalue weighted by atomic mass is 10.1. The van der Waals surface area contributed by atoms with Gasteiger partial charge in [0.15, 0.2) is 0 Å². The van der Waals surface area contributed by atoms with Gasteiger partial charge in [-0.2, -0.15) is 0 Å². The molecule has 120 valence electrons. The highest BCUT2D eigenvalue weighted by molar-refractivity contribution is 6.41. The zero-order valence-electron chi connectivity index (χ0n) is 12.7. The number of carbonyl (C=O) groups is 4. The van der Waals surface area contributed by atoms with E-state index in [0.717, 1.165) is 9.80 Å². The Morgan fingerprint density at radius 1 is 0.625 bits per heavy atom. The monoisotopic (exact) mass is 322 g/mol. The zero-order valence-corrected chi connectivity index (χ0v) is 12.7. The summed E-state index contributed by atoms with van der Waals surface area (Å²) in [5.74, 6) is -3.06. The maximum absolute atomic E-state index is 12.4. The minimum Gasteiger partial charge on any atom is -0.269 e. The summed E-state index contributed by atoms with van der Waals surface area (Å²) in [5, 5.41) is 0. The Bertz CT molecular complexity index is 733. The van der Waals surface area contributed by atoms with Gasteiger partial charge in [-0.3, -0.25) is 29.0 Å². The van der Waals surface area contributed by atoms with Gasteiger partial charge in [-0.05, 0) is 24.3 Å². The molecule has 0 aromatic heterocycles. The average molecular weight is 322 g/mol. The number of imide groups is 2. The van der Waals surface area contributed by atoms with E-state index in [1.165, 1.54) is 0 Å². The molecule has 0 unspecified atom stereocenters. The predicted octanol–water partition coefficient (Wildman–Crippen LogP) is 1.34. The number of nitrogens with zero attached hydrogens (tertiary/aromatic N) is 2. The van der Waals surface area contributed by atoms with Crippen LogP contribution in [0.2, 0.25) is 0 Å². The fourth-order valence-corrected chi connectivity index (χ4v) is 2.49. The van der Waals surface area contributed by atoms with Crippen LogP contribution < -0.4 is 0 Å². The summed E-state index contributed by atoms with van der Waals surface area (Å²) < 4.78 is 0. The molecule has 0 bridgehead atoms. The summed E-state index contributed by atoms with van der Waals surface area (Å²) in [6.45, 7) is -0.0340. The normalized spacial score (nSPS) is 14.7. The highest BCUT2D eigenvalue weighted by Crippen LogP contribution is 2.13. The largest absolute Gasteiger partial charge is 0.319 e. The Labute approximate surface area is 138 Å². The van der Waals surface area contributed by atoms with E-state index in [1.807, 2.05) is 0 Å². The first-order valence-corrected chi connectivity index (χ1v) is 7.41. The molecule has 24 heavy (non-hydrogen) atoms. The van der Waals surface area contributed by atoms with Crippen LogP contribution in [0, 0.1) is 0 Å². The Hall–Kier alpha value is -3.28. The van der Waals surface area contributed by atoms with E-state index in [2.05, 4.69) is 0 Å². The van der Waals surface area contributed by atoms with Gasteiger partial charge < -0.3 is 0 Å². The van der Waals surface area contributed by atoms with Gasteiger partial charge in [0.2, 0.25) is 0 Å². The molecular formula is C18H14N2O4. The number of rotatable bonds is 2. The maximum atomic E-state index is 12.4. The van der Waals surface area contributed by atoms with E-state index in [1.54, 1.807) is 60.7 Å². The van der Waals surface area contributed by atoms with Crippen LogP contribution in [-0.2, 0) is 9.59 Å². The molecule has 0 radical (unpaired) electrons. The third-order valence-electron chi connectivity index (χ3n) is 3.75. The minimum atomic E-state index is -0.987. The van der Waals surface area contributed by atoms with Gasteiger partial charge in [0, 0.05) is 24.2 Å². The molecule has 0 aliphatic carbocycles. The van der Waals surface area contributed by atoms with Crippen LogP contribution in [0.25, 0.3) is 0 Å². The smallest absolute Gasteiger partial charge is 0.269 e. The van der Waals surface area contributed by atoms with Crippen LogP contribution in [0.4, 0.5) is 0 Å². The quantitative estimate of drug-likeness (QED) is 0.618. The molecule has 1 heterocycles. The van der Waals surface area contributed by atoms with Crippen molar-refractivity contribution in [2.75, 3.05) is 13.1 Å². The average Bonchev–Trinajstić information content (AvgIpc) is 2.64. The van der Waals surface area contributed by atoms with Crippen LogP contribution in [0.5, 0.6) is 0 Å². The van der Waals surface area contributed by atoms with E-state index >= 15 is 0 Å². The lowest BCUT2D eigenvalue weighted by molar-refractivity contribution is -0.151. The van der Waals surface area contributed by atoms with E-state index in [-0.39, 0.29) is 13.1 Å². The van der Waals surface area contributed by atoms with Gasteiger partial charge in [-0.25, -0.2) is 0 Å². The van der Waals surface area contributed by atoms with Gasteiger partial charge in [0.05, 0.1) is 0 Å². The lowest BCUT2D eigenvalue weighted by Gasteiger charge is -2.31. The molecular weight excluding hydrogens is 308 g/mol. The van der Waals surface area contributed by atoms with E-state index in [9.17, 15) is 19.2 Å². The Morgan fingerprint density at radius 2 is 0.958 bits per heavy atom. The SMILES string of the molecule is O=C1C(=O)N(C(=O)c2ccccc2)CCN1C(=O)c1ccccc1. The van der Waals surface area contributed by atoms with Crippen molar-refractivity contribution in [2.24, 2.45) is 0 Å². The molecule has 0 N–H and O–H groups in total. The van der Waals surface area contributed by atoms with Crippen molar-refractivity contribution in [3.05, 3.63) is 71.8 Å². The van der Waals surface area contributed by atoms with Crippen LogP contribution in [0.3, 0.4) is 0 Å². The molecule has 0 saturated carbocycles. The lowest BCUT2D eigenvalue weighted by Crippen LogP contribution is -2.57. The predicted molar refractivity (Wildman–Crippen MR) is 85.0 cm³/mol. The van der Waals surface area contributed by atoms with Gasteiger partial charge in [0.1, 0.15) is 0 Å². The minimum absolute atomic E-state index is 0.0170. The Balaban J connectivity index is 1.78. The van der Waals surface area contributed by atoms with Gasteiger partial charge >= 0.3 is 11.8 Å². The number of hydrogen-bond donors (Lipinski definition) is 0. The van der Waals surface area contributed by atoms with Crippen molar-refractivity contribution in [2.45, 2.75) is 0 Å². The standard InChI is InChI=1S/C18H14N2O4/c21-15(13-7-3-1-4-8-13)19-11-12-20(18(24)17(19)23)16(22)14-9-5-2-6-10-14/h1-10H,11-12H2. The van der Waals surface area contributed by atoms with Crippen molar-refractivity contribution in [1.82, 2.24) is 9.80 Å². The first-order valence-electron chi connectivity index (χ1n) is 7.41. The molecule has 0 atom stereocenters. The molecule has 0 spiro atoms. The van der Waals surface area contributed by atoms with Crippen molar-refractivity contribution in [3.8, 4) is 0 Å². The van der Waals surface area contributed by atoms with Crippen LogP contribution in [0.15, 0.2) is 60.7 Å². The van der Waals surface area contributed by atoms with E-state index in [0.29, 0.717) is 11.1 Å². The zero-order chi connectivity index (χ0) is 17.1. The summed E-state index contributed by atoms with van der Waals surface area (Å²) in [6, 6.07) is 16.5. The highest BCUT2D eigenvalue weighted by atomic mass is 16.2. The summed E-state index contributed by atoms with van der Waals surface area (Å²) in [7, 11) is 0. The number of amides is 4. The number of benzene rings is 2. The van der Waals surface area contributed by atoms with Crippen molar-refractivity contribution < 1.29 is 19.2 Å². The first kappa shape index (κ1) is 15.6. The topological polar surface area (TPSA) is 74.8 Å². The number of carbonyl (C=O) groups excluding carboxylic acids is 4. The third kappa shape index (κ3) is 2.81. The second-order valence-corrected chi connectivity index (χ2v) is 5.26. The van der Waals surface area contributed by atoms with Crippen molar-refractivity contribution >= 4 is 23.6 Å². The summed E-state index contributed by atoms with van der Waals surface area (Å²) in [6.07, 6.45) is 0. The van der Waals surface area contributed by atoms with Crippen LogP contribution in [0.1, 0.15) is 20.7 Å². The molecule has 2 aromatic rings. The second-order valence-electron chi connectivity index (χ2n) is 5.26. The van der Waals surface area contributed by atoms with Crippen molar-refractivity contribution in [1.29, 1.82) is 0 Å². The van der Waals surface area contributed by atoms with Crippen LogP contribution >= 0.6 is 0 Å². The highest BCUT2D eigenvalue weighted by Gasteiger charge is 2.39. The molecule has 1 fully saturated rings. The van der Waals surface area contributed by atoms with Gasteiger partial charge in [0.25, 0.3) is 11.8 Å². The molecule has 2 aromatic carbocycles. The molecule has 4 amide bonds. The Morgan fingerprint density at radius 3 is 1.29 bits per heavy atom. The molecule has 1 aliphatic heterocycles. The van der Waals surface area contributed by atoms with E-state index in [4.69, 9.17) is 0 Å². The third-order valence-corrected chi connectivity index (χ3v) is 3.75. The van der Waals surface area contributed by atoms with E-state index < -0.39 is 23.6 Å². The molecule has 3 rings (SSSR count). The van der Waals surface area contributed by atoms with Gasteiger partial charge in [-0.15, -0.1) is 0 Å². The number of hydrogen-bond acceptors (Lipinski definition) is 4. The van der Waals surface area contributed by atoms with Crippen LogP contribution in [-0.4, -0.2) is 46.5 Å². The molecule has 6 heteroatoms. The van der Waals surface area contributed by atoms with Crippen molar-refractivity contribution in [3.63, 3.8) is 0 Å². The fraction of sp³-hybridized carbons (Fsp3) is 0.111. The summed E-state index contributed by atoms with van der Waals surface area (Å²) in [4.78, 5) is 51.0. The number of piperazine rings is 1. The molecule has 1 aliphatic rings. The first-order chi connectivity index (χ1) is 11.6. The Kier molecular flexibility index (Phi) is 4.20. The molecule has 1 saturated heterocycles. The molecule has 6 nitrogen and oxygen atoms in total. The van der Waals surface area contributed by atoms with Gasteiger partial charge in [-0.1, -0.05) is 36.4 Å². The maximum Gasteiger partial charge on any atom is 0.319 e. The second kappa shape index (κ2) is 6.45. The summed E-state index contributed by atoms with van der Waals surface area (Å²) >= 11 is 0. The fourth-order valence-electron chi connectivity index (χ4n) is 2.49.